The maximum Gasteiger partial charge on any atom is 0.254 e. The Kier molecular flexibility index (Phi) is 4.02. The highest BCUT2D eigenvalue weighted by Gasteiger charge is 2.27. The zero-order chi connectivity index (χ0) is 20.9. The molecule has 0 radical (unpaired) electrons. The number of amides is 2. The standard InChI is InChI=1S/C22H21N7O2/c30-18-10-13(20(31)26-18)9-14-11-23-29-19(14)27-21(28-22(29)24-15-6-7-15)25-17-8-5-12-3-1-2-4-16(12)17/h1-4,9,11,15,17H,5-8,10H2,(H,26,30,31)(H2,24,25,27,28)/b13-9+. The van der Waals surface area contributed by atoms with Crippen LogP contribution in [0.2, 0.25) is 0 Å². The number of fused-ring (bicyclic) bond motifs is 2. The van der Waals surface area contributed by atoms with Crippen LogP contribution in [0.3, 0.4) is 0 Å². The second-order valence-electron chi connectivity index (χ2n) is 8.28. The zero-order valence-corrected chi connectivity index (χ0v) is 16.8. The predicted octanol–water partition coefficient (Wildman–Crippen LogP) is 2.23. The highest BCUT2D eigenvalue weighted by Crippen LogP contribution is 2.33. The van der Waals surface area contributed by atoms with Crippen LogP contribution in [-0.2, 0) is 16.0 Å². The summed E-state index contributed by atoms with van der Waals surface area (Å²) in [6, 6.07) is 8.97. The minimum atomic E-state index is -0.365. The molecule has 2 amide bonds. The maximum atomic E-state index is 12.0. The van der Waals surface area contributed by atoms with Crippen LogP contribution in [-0.4, -0.2) is 37.4 Å². The molecule has 2 fully saturated rings. The van der Waals surface area contributed by atoms with Gasteiger partial charge < -0.3 is 10.6 Å². The maximum absolute atomic E-state index is 12.0. The van der Waals surface area contributed by atoms with Gasteiger partial charge in [0.05, 0.1) is 18.7 Å². The first-order valence-electron chi connectivity index (χ1n) is 10.6. The van der Waals surface area contributed by atoms with E-state index in [0.29, 0.717) is 34.7 Å². The second-order valence-corrected chi connectivity index (χ2v) is 8.28. The summed E-state index contributed by atoms with van der Waals surface area (Å²) >= 11 is 0. The van der Waals surface area contributed by atoms with Crippen molar-refractivity contribution in [2.45, 2.75) is 44.2 Å². The molecule has 9 nitrogen and oxygen atoms in total. The van der Waals surface area contributed by atoms with Crippen molar-refractivity contribution in [1.29, 1.82) is 0 Å². The summed E-state index contributed by atoms with van der Waals surface area (Å²) < 4.78 is 1.66. The summed E-state index contributed by atoms with van der Waals surface area (Å²) in [6.45, 7) is 0. The Hall–Kier alpha value is -3.75. The fourth-order valence-electron chi connectivity index (χ4n) is 4.24. The number of aryl methyl sites for hydroxylation is 1. The van der Waals surface area contributed by atoms with Gasteiger partial charge in [-0.2, -0.15) is 19.6 Å². The van der Waals surface area contributed by atoms with Gasteiger partial charge in [-0.3, -0.25) is 14.9 Å². The molecule has 1 aliphatic heterocycles. The van der Waals surface area contributed by atoms with Gasteiger partial charge in [0, 0.05) is 17.2 Å². The molecule has 3 N–H and O–H groups in total. The Morgan fingerprint density at radius 2 is 1.97 bits per heavy atom. The molecule has 6 rings (SSSR count). The van der Waals surface area contributed by atoms with Gasteiger partial charge in [0.15, 0.2) is 5.65 Å². The first kappa shape index (κ1) is 18.1. The average Bonchev–Trinajstić information content (AvgIpc) is 3.20. The van der Waals surface area contributed by atoms with E-state index in [4.69, 9.17) is 9.97 Å². The third-order valence-electron chi connectivity index (χ3n) is 5.97. The third kappa shape index (κ3) is 3.31. The molecule has 0 spiro atoms. The second kappa shape index (κ2) is 6.90. The van der Waals surface area contributed by atoms with E-state index in [1.165, 1.54) is 11.1 Å². The van der Waals surface area contributed by atoms with Gasteiger partial charge in [-0.05, 0) is 42.9 Å². The van der Waals surface area contributed by atoms with Crippen molar-refractivity contribution in [3.8, 4) is 0 Å². The Labute approximate surface area is 178 Å². The molecule has 3 heterocycles. The summed E-state index contributed by atoms with van der Waals surface area (Å²) in [7, 11) is 0. The Balaban J connectivity index is 1.40. The zero-order valence-electron chi connectivity index (χ0n) is 16.8. The molecule has 1 aromatic carbocycles. The number of hydrogen-bond acceptors (Lipinski definition) is 7. The monoisotopic (exact) mass is 415 g/mol. The number of aromatic nitrogens is 4. The topological polar surface area (TPSA) is 113 Å². The first-order chi connectivity index (χ1) is 15.1. The van der Waals surface area contributed by atoms with Gasteiger partial charge in [0.2, 0.25) is 17.8 Å². The number of nitrogens with one attached hydrogen (secondary N) is 3. The number of imide groups is 1. The van der Waals surface area contributed by atoms with Crippen molar-refractivity contribution >= 4 is 35.4 Å². The lowest BCUT2D eigenvalue weighted by molar-refractivity contribution is -0.124. The fraction of sp³-hybridized carbons (Fsp3) is 0.318. The van der Waals surface area contributed by atoms with E-state index >= 15 is 0 Å². The summed E-state index contributed by atoms with van der Waals surface area (Å²) in [4.78, 5) is 33.0. The summed E-state index contributed by atoms with van der Waals surface area (Å²) in [5.41, 5.74) is 4.31. The van der Waals surface area contributed by atoms with Crippen molar-refractivity contribution in [2.75, 3.05) is 10.6 Å². The molecule has 3 aromatic rings. The van der Waals surface area contributed by atoms with E-state index in [0.717, 1.165) is 25.7 Å². The quantitative estimate of drug-likeness (QED) is 0.433. The normalized spacial score (nSPS) is 21.5. The van der Waals surface area contributed by atoms with Gasteiger partial charge in [-0.15, -0.1) is 0 Å². The molecule has 1 unspecified atom stereocenters. The molecule has 1 saturated heterocycles. The molecule has 2 aromatic heterocycles. The Bertz CT molecular complexity index is 1260. The Morgan fingerprint density at radius 1 is 1.10 bits per heavy atom. The average molecular weight is 415 g/mol. The fourth-order valence-corrected chi connectivity index (χ4v) is 4.24. The van der Waals surface area contributed by atoms with Gasteiger partial charge in [0.1, 0.15) is 0 Å². The minimum absolute atomic E-state index is 0.0679. The van der Waals surface area contributed by atoms with Crippen LogP contribution >= 0.6 is 0 Å². The SMILES string of the molecule is O=C1C/C(=C\c2cnn3c(NC4CC4)nc(NC4CCc5ccccc54)nc23)C(=O)N1. The lowest BCUT2D eigenvalue weighted by Crippen LogP contribution is -2.19. The number of carbonyl (C=O) groups is 2. The van der Waals surface area contributed by atoms with Crippen LogP contribution in [0.25, 0.3) is 11.7 Å². The number of carbonyl (C=O) groups excluding carboxylic acids is 2. The lowest BCUT2D eigenvalue weighted by atomic mass is 10.1. The molecule has 0 bridgehead atoms. The molecule has 3 aliphatic rings. The molecule has 9 heteroatoms. The van der Waals surface area contributed by atoms with Crippen molar-refractivity contribution in [1.82, 2.24) is 24.9 Å². The van der Waals surface area contributed by atoms with E-state index in [9.17, 15) is 9.59 Å². The Morgan fingerprint density at radius 3 is 2.77 bits per heavy atom. The largest absolute Gasteiger partial charge is 0.351 e. The highest BCUT2D eigenvalue weighted by molar-refractivity contribution is 6.15. The smallest absolute Gasteiger partial charge is 0.254 e. The van der Waals surface area contributed by atoms with Gasteiger partial charge >= 0.3 is 0 Å². The van der Waals surface area contributed by atoms with E-state index in [1.807, 2.05) is 0 Å². The summed E-state index contributed by atoms with van der Waals surface area (Å²) in [5, 5.41) is 13.7. The van der Waals surface area contributed by atoms with Crippen molar-refractivity contribution in [3.05, 3.63) is 52.7 Å². The van der Waals surface area contributed by atoms with Gasteiger partial charge in [-0.25, -0.2) is 0 Å². The number of anilines is 2. The lowest BCUT2D eigenvalue weighted by Gasteiger charge is -2.15. The first-order valence-corrected chi connectivity index (χ1v) is 10.6. The van der Waals surface area contributed by atoms with Crippen LogP contribution in [0.15, 0.2) is 36.0 Å². The van der Waals surface area contributed by atoms with E-state index in [2.05, 4.69) is 45.3 Å². The molecule has 31 heavy (non-hydrogen) atoms. The molecule has 1 saturated carbocycles. The summed E-state index contributed by atoms with van der Waals surface area (Å²) in [5.74, 6) is 0.485. The number of nitrogens with zero attached hydrogens (tertiary/aromatic N) is 4. The molecule has 1 atom stereocenters. The number of hydrogen-bond donors (Lipinski definition) is 3. The van der Waals surface area contributed by atoms with Crippen molar-refractivity contribution < 1.29 is 9.59 Å². The van der Waals surface area contributed by atoms with E-state index in [1.54, 1.807) is 16.8 Å². The van der Waals surface area contributed by atoms with Crippen LogP contribution in [0.1, 0.15) is 48.4 Å². The molecule has 2 aliphatic carbocycles. The van der Waals surface area contributed by atoms with Crippen LogP contribution < -0.4 is 16.0 Å². The van der Waals surface area contributed by atoms with Crippen LogP contribution in [0, 0.1) is 0 Å². The van der Waals surface area contributed by atoms with E-state index in [-0.39, 0.29) is 24.3 Å². The summed E-state index contributed by atoms with van der Waals surface area (Å²) in [6.07, 6.45) is 7.62. The van der Waals surface area contributed by atoms with E-state index < -0.39 is 0 Å². The van der Waals surface area contributed by atoms with Crippen LogP contribution in [0.5, 0.6) is 0 Å². The van der Waals surface area contributed by atoms with Crippen molar-refractivity contribution in [3.63, 3.8) is 0 Å². The van der Waals surface area contributed by atoms with Gasteiger partial charge in [0.25, 0.3) is 5.91 Å². The minimum Gasteiger partial charge on any atom is -0.351 e. The predicted molar refractivity (Wildman–Crippen MR) is 114 cm³/mol. The van der Waals surface area contributed by atoms with Crippen molar-refractivity contribution in [2.24, 2.45) is 0 Å². The molecular formula is C22H21N7O2. The molecule has 156 valence electrons. The van der Waals surface area contributed by atoms with Crippen LogP contribution in [0.4, 0.5) is 11.9 Å². The highest BCUT2D eigenvalue weighted by atomic mass is 16.2. The third-order valence-corrected chi connectivity index (χ3v) is 5.97. The number of benzene rings is 1. The van der Waals surface area contributed by atoms with Gasteiger partial charge in [-0.1, -0.05) is 24.3 Å². The number of rotatable bonds is 5. The molecular weight excluding hydrogens is 394 g/mol.